The van der Waals surface area contributed by atoms with Gasteiger partial charge in [0, 0.05) is 22.3 Å². The summed E-state index contributed by atoms with van der Waals surface area (Å²) in [6.45, 7) is 0. The van der Waals surface area contributed by atoms with Gasteiger partial charge in [0.2, 0.25) is 0 Å². The summed E-state index contributed by atoms with van der Waals surface area (Å²) < 4.78 is 0. The molecule has 0 bridgehead atoms. The molecule has 8 nitrogen and oxygen atoms in total. The normalized spacial score (nSPS) is 9.93. The second-order valence-corrected chi connectivity index (χ2v) is 5.34. The molecule has 0 spiro atoms. The van der Waals surface area contributed by atoms with E-state index in [2.05, 4.69) is 0 Å². The third kappa shape index (κ3) is 5.58. The summed E-state index contributed by atoms with van der Waals surface area (Å²) in [5.74, 6) is -8.28. The van der Waals surface area contributed by atoms with Crippen LogP contribution in [0.25, 0.3) is 11.1 Å². The van der Waals surface area contributed by atoms with Crippen molar-refractivity contribution >= 4 is 23.9 Å². The molecule has 1 aliphatic carbocycles. The molecule has 0 N–H and O–H groups in total. The molecular weight excluding hydrogens is 424 g/mol. The summed E-state index contributed by atoms with van der Waals surface area (Å²) in [6.07, 6.45) is -0.108. The smallest absolute Gasteiger partial charge is 0.545 e. The van der Waals surface area contributed by atoms with Crippen molar-refractivity contribution in [3.63, 3.8) is 0 Å². The molecule has 0 atom stereocenters. The second kappa shape index (κ2) is 12.4. The summed E-state index contributed by atoms with van der Waals surface area (Å²) in [7, 11) is 0. The Hall–Kier alpha value is 0.320. The summed E-state index contributed by atoms with van der Waals surface area (Å²) in [5, 5.41) is 45.9. The summed E-state index contributed by atoms with van der Waals surface area (Å²) in [6, 6.07) is 6.19. The monoisotopic (exact) mass is 430 g/mol. The van der Waals surface area contributed by atoms with Gasteiger partial charge in [0.25, 0.3) is 0 Å². The zero-order valence-corrected chi connectivity index (χ0v) is 24.3. The van der Waals surface area contributed by atoms with Crippen LogP contribution in [0.2, 0.25) is 0 Å². The fraction of sp³-hybridized carbons (Fsp3) is 0.0588. The van der Waals surface area contributed by atoms with Gasteiger partial charge in [-0.15, -0.1) is 0 Å². The molecule has 29 heavy (non-hydrogen) atoms. The average molecular weight is 430 g/mol. The quantitative estimate of drug-likeness (QED) is 0.369. The first-order valence-corrected chi connectivity index (χ1v) is 6.92. The molecule has 2 aromatic rings. The number of benzene rings is 2. The largest absolute Gasteiger partial charge is 1.00 e. The third-order valence-corrected chi connectivity index (χ3v) is 4.07. The van der Waals surface area contributed by atoms with Gasteiger partial charge in [0.15, 0.2) is 0 Å². The SMILES string of the molecule is O=C([O-])c1c2c(c(C(=O)[O-])c(C(=O)[O-])c1C(=O)[O-])-c1ccccc1C2.[Na+].[Na+].[Na+].[Na+]. The first-order valence-electron chi connectivity index (χ1n) is 6.92. The molecule has 0 fully saturated rings. The molecule has 0 aromatic heterocycles. The van der Waals surface area contributed by atoms with Gasteiger partial charge >= 0.3 is 118 Å². The van der Waals surface area contributed by atoms with Gasteiger partial charge in [-0.3, -0.25) is 0 Å². The van der Waals surface area contributed by atoms with Gasteiger partial charge < -0.3 is 39.6 Å². The molecular formula is C17H6Na4O8. The van der Waals surface area contributed by atoms with E-state index in [4.69, 9.17) is 0 Å². The number of carboxylic acid groups (broad SMARTS) is 4. The zero-order valence-electron chi connectivity index (χ0n) is 16.3. The van der Waals surface area contributed by atoms with E-state index in [1.807, 2.05) is 0 Å². The number of carbonyl (C=O) groups excluding carboxylic acids is 4. The molecule has 0 aliphatic heterocycles. The number of fused-ring (bicyclic) bond motifs is 3. The van der Waals surface area contributed by atoms with Crippen LogP contribution in [-0.2, 0) is 6.42 Å². The minimum absolute atomic E-state index is 0. The third-order valence-electron chi connectivity index (χ3n) is 4.07. The Morgan fingerprint density at radius 3 is 1.48 bits per heavy atom. The van der Waals surface area contributed by atoms with Crippen molar-refractivity contribution in [2.24, 2.45) is 0 Å². The van der Waals surface area contributed by atoms with Crippen molar-refractivity contribution in [3.8, 4) is 11.1 Å². The number of carbonyl (C=O) groups is 4. The number of carboxylic acids is 4. The van der Waals surface area contributed by atoms with E-state index in [1.165, 1.54) is 12.1 Å². The van der Waals surface area contributed by atoms with E-state index in [9.17, 15) is 39.6 Å². The fourth-order valence-electron chi connectivity index (χ4n) is 3.22. The molecule has 3 rings (SSSR count). The van der Waals surface area contributed by atoms with Gasteiger partial charge in [-0.2, -0.15) is 0 Å². The van der Waals surface area contributed by atoms with Crippen LogP contribution in [0.3, 0.4) is 0 Å². The van der Waals surface area contributed by atoms with Crippen molar-refractivity contribution in [1.29, 1.82) is 0 Å². The maximum absolute atomic E-state index is 11.6. The van der Waals surface area contributed by atoms with Gasteiger partial charge in [-0.05, 0) is 28.7 Å². The van der Waals surface area contributed by atoms with Crippen LogP contribution in [0.5, 0.6) is 0 Å². The van der Waals surface area contributed by atoms with Crippen LogP contribution in [0.4, 0.5) is 0 Å². The van der Waals surface area contributed by atoms with Crippen LogP contribution >= 0.6 is 0 Å². The Labute approximate surface area is 253 Å². The minimum atomic E-state index is -2.17. The van der Waals surface area contributed by atoms with Gasteiger partial charge in [0.1, 0.15) is 0 Å². The van der Waals surface area contributed by atoms with E-state index < -0.39 is 46.1 Å². The predicted molar refractivity (Wildman–Crippen MR) is 72.0 cm³/mol. The maximum atomic E-state index is 11.6. The Morgan fingerprint density at radius 1 is 0.621 bits per heavy atom. The summed E-state index contributed by atoms with van der Waals surface area (Å²) in [4.78, 5) is 45.9. The Kier molecular flexibility index (Phi) is 13.5. The zero-order chi connectivity index (χ0) is 18.5. The number of rotatable bonds is 4. The average Bonchev–Trinajstić information content (AvgIpc) is 2.90. The van der Waals surface area contributed by atoms with E-state index in [0.29, 0.717) is 5.56 Å². The van der Waals surface area contributed by atoms with Crippen molar-refractivity contribution in [3.05, 3.63) is 57.6 Å². The molecule has 2 aromatic carbocycles. The maximum Gasteiger partial charge on any atom is 1.00 e. The first kappa shape index (κ1) is 31.5. The predicted octanol–water partition coefficient (Wildman–Crippen LogP) is -15.3. The second-order valence-electron chi connectivity index (χ2n) is 5.34. The van der Waals surface area contributed by atoms with E-state index in [1.54, 1.807) is 12.1 Å². The Balaban J connectivity index is 0. The number of hydrogen-bond donors (Lipinski definition) is 0. The van der Waals surface area contributed by atoms with Crippen LogP contribution in [-0.4, -0.2) is 23.9 Å². The van der Waals surface area contributed by atoms with Crippen molar-refractivity contribution < 1.29 is 158 Å². The van der Waals surface area contributed by atoms with Crippen LogP contribution in [0.1, 0.15) is 52.6 Å². The Morgan fingerprint density at radius 2 is 1.03 bits per heavy atom. The molecule has 0 unspecified atom stereocenters. The van der Waals surface area contributed by atoms with Gasteiger partial charge in [0.05, 0.1) is 23.9 Å². The van der Waals surface area contributed by atoms with E-state index >= 15 is 0 Å². The van der Waals surface area contributed by atoms with Crippen molar-refractivity contribution in [1.82, 2.24) is 0 Å². The molecule has 1 aliphatic rings. The number of aromatic carboxylic acids is 4. The van der Waals surface area contributed by atoms with Crippen molar-refractivity contribution in [2.75, 3.05) is 0 Å². The molecule has 0 radical (unpaired) electrons. The van der Waals surface area contributed by atoms with Crippen LogP contribution < -0.4 is 139 Å². The minimum Gasteiger partial charge on any atom is -0.545 e. The van der Waals surface area contributed by atoms with E-state index in [-0.39, 0.29) is 141 Å². The molecule has 0 heterocycles. The first-order chi connectivity index (χ1) is 11.8. The van der Waals surface area contributed by atoms with Gasteiger partial charge in [-0.25, -0.2) is 0 Å². The van der Waals surface area contributed by atoms with Crippen molar-refractivity contribution in [2.45, 2.75) is 6.42 Å². The van der Waals surface area contributed by atoms with E-state index in [0.717, 1.165) is 0 Å². The summed E-state index contributed by atoms with van der Waals surface area (Å²) in [5.41, 5.74) is -4.13. The molecule has 126 valence electrons. The fourth-order valence-corrected chi connectivity index (χ4v) is 3.22. The van der Waals surface area contributed by atoms with Crippen LogP contribution in [0, 0.1) is 0 Å². The van der Waals surface area contributed by atoms with Crippen LogP contribution in [0.15, 0.2) is 24.3 Å². The molecule has 12 heteroatoms. The van der Waals surface area contributed by atoms with Gasteiger partial charge in [-0.1, -0.05) is 24.3 Å². The standard InChI is InChI=1S/C17H10O8.4Na/c18-14(19)10-8-5-6-3-1-2-4-7(6)9(8)11(15(20)21)13(17(24)25)12(10)16(22)23;;;;/h1-4H,5H2,(H,18,19)(H,20,21)(H,22,23)(H,24,25);;;;/q;4*+1/p-4. The number of hydrogen-bond acceptors (Lipinski definition) is 8. The molecule has 0 saturated heterocycles. The topological polar surface area (TPSA) is 161 Å². The molecule has 0 saturated carbocycles. The Bertz CT molecular complexity index is 1000. The summed E-state index contributed by atoms with van der Waals surface area (Å²) >= 11 is 0. The molecule has 0 amide bonds.